The number of benzene rings is 1. The van der Waals surface area contributed by atoms with E-state index in [-0.39, 0.29) is 6.29 Å². The molecule has 5 heteroatoms. The summed E-state index contributed by atoms with van der Waals surface area (Å²) in [5.41, 5.74) is 2.40. The fraction of sp³-hybridized carbons (Fsp3) is 0.625. The van der Waals surface area contributed by atoms with Crippen LogP contribution in [0.1, 0.15) is 24.5 Å². The van der Waals surface area contributed by atoms with Crippen LogP contribution in [0.3, 0.4) is 0 Å². The van der Waals surface area contributed by atoms with Gasteiger partial charge in [0.05, 0.1) is 19.8 Å². The minimum atomic E-state index is -0.0952. The van der Waals surface area contributed by atoms with Crippen molar-refractivity contribution in [3.63, 3.8) is 0 Å². The summed E-state index contributed by atoms with van der Waals surface area (Å²) < 4.78 is 16.9. The van der Waals surface area contributed by atoms with Crippen LogP contribution in [0.5, 0.6) is 5.75 Å². The minimum absolute atomic E-state index is 0.0952. The van der Waals surface area contributed by atoms with Gasteiger partial charge in [-0.2, -0.15) is 0 Å². The van der Waals surface area contributed by atoms with Gasteiger partial charge < -0.3 is 19.5 Å². The van der Waals surface area contributed by atoms with E-state index in [1.54, 1.807) is 0 Å². The molecule has 0 aliphatic carbocycles. The largest absolute Gasteiger partial charge is 0.493 e. The van der Waals surface area contributed by atoms with Gasteiger partial charge in [-0.1, -0.05) is 18.5 Å². The van der Waals surface area contributed by atoms with Crippen molar-refractivity contribution in [2.45, 2.75) is 38.5 Å². The number of ether oxygens (including phenoxy) is 3. The maximum Gasteiger partial charge on any atom is 0.159 e. The van der Waals surface area contributed by atoms with Crippen LogP contribution in [0.2, 0.25) is 5.02 Å². The van der Waals surface area contributed by atoms with Gasteiger partial charge in [0.25, 0.3) is 0 Å². The summed E-state index contributed by atoms with van der Waals surface area (Å²) in [6, 6.07) is 4.33. The van der Waals surface area contributed by atoms with Crippen LogP contribution in [-0.2, 0) is 22.3 Å². The third-order valence-electron chi connectivity index (χ3n) is 3.95. The lowest BCUT2D eigenvalue weighted by Crippen LogP contribution is -2.35. The van der Waals surface area contributed by atoms with Crippen LogP contribution in [0, 0.1) is 0 Å². The van der Waals surface area contributed by atoms with E-state index in [1.807, 2.05) is 12.1 Å². The summed E-state index contributed by atoms with van der Waals surface area (Å²) in [4.78, 5) is 0. The van der Waals surface area contributed by atoms with Crippen LogP contribution >= 0.6 is 11.6 Å². The number of nitrogens with one attached hydrogen (secondary N) is 1. The topological polar surface area (TPSA) is 39.7 Å². The number of halogens is 1. The average molecular weight is 312 g/mol. The molecule has 116 valence electrons. The van der Waals surface area contributed by atoms with Gasteiger partial charge in [0, 0.05) is 23.9 Å². The Hall–Kier alpha value is -0.810. The Morgan fingerprint density at radius 2 is 2.10 bits per heavy atom. The van der Waals surface area contributed by atoms with E-state index in [1.165, 1.54) is 11.1 Å². The number of hydrogen-bond acceptors (Lipinski definition) is 4. The highest BCUT2D eigenvalue weighted by Gasteiger charge is 2.24. The van der Waals surface area contributed by atoms with Crippen molar-refractivity contribution in [2.75, 3.05) is 26.4 Å². The summed E-state index contributed by atoms with van der Waals surface area (Å²) in [7, 11) is 0. The number of fused-ring (bicyclic) bond motifs is 1. The predicted octanol–water partition coefficient (Wildman–Crippen LogP) is 2.56. The third kappa shape index (κ3) is 3.69. The van der Waals surface area contributed by atoms with Crippen LogP contribution in [0.25, 0.3) is 0 Å². The summed E-state index contributed by atoms with van der Waals surface area (Å²) in [6.07, 6.45) is 2.57. The SMILES string of the molecule is CCNC(Cc1cc(Cl)cc2c1OCC2)CC1OCCO1. The molecule has 2 aliphatic heterocycles. The number of hydrogen-bond donors (Lipinski definition) is 1. The molecule has 1 unspecified atom stereocenters. The molecule has 0 aromatic heterocycles. The minimum Gasteiger partial charge on any atom is -0.493 e. The molecular weight excluding hydrogens is 290 g/mol. The second kappa shape index (κ2) is 6.97. The zero-order valence-electron chi connectivity index (χ0n) is 12.4. The Morgan fingerprint density at radius 1 is 1.29 bits per heavy atom. The highest BCUT2D eigenvalue weighted by molar-refractivity contribution is 6.30. The van der Waals surface area contributed by atoms with E-state index in [4.69, 9.17) is 25.8 Å². The molecule has 3 rings (SSSR count). The molecule has 1 saturated heterocycles. The summed E-state index contributed by atoms with van der Waals surface area (Å²) in [5, 5.41) is 4.30. The van der Waals surface area contributed by atoms with Gasteiger partial charge in [0.2, 0.25) is 0 Å². The molecule has 21 heavy (non-hydrogen) atoms. The molecule has 0 bridgehead atoms. The van der Waals surface area contributed by atoms with Crippen molar-refractivity contribution in [2.24, 2.45) is 0 Å². The lowest BCUT2D eigenvalue weighted by Gasteiger charge is -2.22. The van der Waals surface area contributed by atoms with Crippen LogP contribution < -0.4 is 10.1 Å². The summed E-state index contributed by atoms with van der Waals surface area (Å²) >= 11 is 6.23. The maximum atomic E-state index is 6.23. The normalized spacial score (nSPS) is 19.5. The molecule has 1 fully saturated rings. The molecule has 1 aromatic rings. The van der Waals surface area contributed by atoms with E-state index in [0.29, 0.717) is 19.3 Å². The number of rotatable bonds is 6. The van der Waals surface area contributed by atoms with E-state index in [2.05, 4.69) is 12.2 Å². The van der Waals surface area contributed by atoms with Crippen molar-refractivity contribution < 1.29 is 14.2 Å². The van der Waals surface area contributed by atoms with Crippen LogP contribution in [0.4, 0.5) is 0 Å². The van der Waals surface area contributed by atoms with Gasteiger partial charge in [-0.3, -0.25) is 0 Å². The monoisotopic (exact) mass is 311 g/mol. The Labute approximate surface area is 130 Å². The van der Waals surface area contributed by atoms with E-state index in [0.717, 1.165) is 43.2 Å². The van der Waals surface area contributed by atoms with Crippen LogP contribution in [-0.4, -0.2) is 38.7 Å². The van der Waals surface area contributed by atoms with Gasteiger partial charge in [0.15, 0.2) is 6.29 Å². The molecule has 0 radical (unpaired) electrons. The molecule has 0 amide bonds. The first-order valence-corrected chi connectivity index (χ1v) is 8.04. The Morgan fingerprint density at radius 3 is 2.86 bits per heavy atom. The summed E-state index contributed by atoms with van der Waals surface area (Å²) in [5.74, 6) is 1.02. The molecular formula is C16H22ClNO3. The zero-order valence-corrected chi connectivity index (χ0v) is 13.1. The molecule has 2 heterocycles. The maximum absolute atomic E-state index is 6.23. The van der Waals surface area contributed by atoms with Crippen molar-refractivity contribution in [3.8, 4) is 5.75 Å². The lowest BCUT2D eigenvalue weighted by molar-refractivity contribution is -0.0525. The van der Waals surface area contributed by atoms with Gasteiger partial charge >= 0.3 is 0 Å². The highest BCUT2D eigenvalue weighted by atomic mass is 35.5. The molecule has 2 aliphatic rings. The molecule has 1 N–H and O–H groups in total. The number of likely N-dealkylation sites (N-methyl/N-ethyl adjacent to an activating group) is 1. The van der Waals surface area contributed by atoms with Crippen molar-refractivity contribution in [1.29, 1.82) is 0 Å². The van der Waals surface area contributed by atoms with E-state index < -0.39 is 0 Å². The first-order chi connectivity index (χ1) is 10.3. The third-order valence-corrected chi connectivity index (χ3v) is 4.17. The molecule has 0 saturated carbocycles. The van der Waals surface area contributed by atoms with E-state index >= 15 is 0 Å². The standard InChI is InChI=1S/C16H22ClNO3/c1-2-18-14(10-15-19-5-6-20-15)9-12-8-13(17)7-11-3-4-21-16(11)12/h7-8,14-15,18H,2-6,9-10H2,1H3. The first-order valence-electron chi connectivity index (χ1n) is 7.67. The Kier molecular flexibility index (Phi) is 5.01. The molecule has 1 atom stereocenters. The first kappa shape index (κ1) is 15.1. The Balaban J connectivity index is 1.72. The molecule has 1 aromatic carbocycles. The molecule has 4 nitrogen and oxygen atoms in total. The Bertz CT molecular complexity index is 489. The second-order valence-corrected chi connectivity index (χ2v) is 5.95. The van der Waals surface area contributed by atoms with Gasteiger partial charge in [-0.15, -0.1) is 0 Å². The van der Waals surface area contributed by atoms with Crippen LogP contribution in [0.15, 0.2) is 12.1 Å². The highest BCUT2D eigenvalue weighted by Crippen LogP contribution is 2.34. The smallest absolute Gasteiger partial charge is 0.159 e. The fourth-order valence-corrected chi connectivity index (χ4v) is 3.33. The fourth-order valence-electron chi connectivity index (χ4n) is 3.07. The molecule has 0 spiro atoms. The van der Waals surface area contributed by atoms with Gasteiger partial charge in [-0.05, 0) is 36.2 Å². The quantitative estimate of drug-likeness (QED) is 0.876. The van der Waals surface area contributed by atoms with E-state index in [9.17, 15) is 0 Å². The van der Waals surface area contributed by atoms with Crippen molar-refractivity contribution in [1.82, 2.24) is 5.32 Å². The van der Waals surface area contributed by atoms with Gasteiger partial charge in [-0.25, -0.2) is 0 Å². The van der Waals surface area contributed by atoms with Crippen molar-refractivity contribution in [3.05, 3.63) is 28.3 Å². The second-order valence-electron chi connectivity index (χ2n) is 5.52. The predicted molar refractivity (Wildman–Crippen MR) is 82.1 cm³/mol. The van der Waals surface area contributed by atoms with Crippen molar-refractivity contribution >= 4 is 11.6 Å². The average Bonchev–Trinajstić information content (AvgIpc) is 3.09. The lowest BCUT2D eigenvalue weighted by atomic mass is 9.99. The zero-order chi connectivity index (χ0) is 14.7. The summed E-state index contributed by atoms with van der Waals surface area (Å²) in [6.45, 7) is 5.17. The van der Waals surface area contributed by atoms with Gasteiger partial charge in [0.1, 0.15) is 5.75 Å².